The van der Waals surface area contributed by atoms with Crippen LogP contribution in [0.5, 0.6) is 0 Å². The van der Waals surface area contributed by atoms with E-state index in [-0.39, 0.29) is 19.0 Å². The number of ether oxygens (including phenoxy) is 2. The first kappa shape index (κ1) is 25.9. The van der Waals surface area contributed by atoms with E-state index < -0.39 is 27.3 Å². The monoisotopic (exact) mass is 491 g/mol. The van der Waals surface area contributed by atoms with Crippen LogP contribution in [0.2, 0.25) is 0 Å². The molecule has 0 fully saturated rings. The SMILES string of the molecule is CCOCc1nc2c(NC(=O)OC(C)(C)C)nc3ccccc3c2n1CC(C)(C)NS(C)(=O)=O. The summed E-state index contributed by atoms with van der Waals surface area (Å²) < 4.78 is 39.6. The topological polar surface area (TPSA) is 124 Å². The number of benzene rings is 1. The van der Waals surface area contributed by atoms with Crippen LogP contribution < -0.4 is 10.0 Å². The molecule has 0 saturated heterocycles. The number of hydrogen-bond donors (Lipinski definition) is 2. The number of pyridine rings is 1. The number of fused-ring (bicyclic) bond motifs is 3. The van der Waals surface area contributed by atoms with Gasteiger partial charge in [0.2, 0.25) is 10.0 Å². The van der Waals surface area contributed by atoms with Gasteiger partial charge in [0.1, 0.15) is 23.5 Å². The van der Waals surface area contributed by atoms with Crippen LogP contribution in [-0.4, -0.2) is 53.0 Å². The molecule has 2 N–H and O–H groups in total. The molecule has 0 radical (unpaired) electrons. The molecule has 0 bridgehead atoms. The summed E-state index contributed by atoms with van der Waals surface area (Å²) in [6.45, 7) is 11.8. The molecule has 0 aliphatic rings. The Hall–Kier alpha value is -2.76. The maximum Gasteiger partial charge on any atom is 0.413 e. The second-order valence-corrected chi connectivity index (χ2v) is 11.6. The van der Waals surface area contributed by atoms with E-state index in [0.717, 1.165) is 17.2 Å². The highest BCUT2D eigenvalue weighted by atomic mass is 32.2. The van der Waals surface area contributed by atoms with Crippen LogP contribution in [0.15, 0.2) is 24.3 Å². The molecule has 34 heavy (non-hydrogen) atoms. The second kappa shape index (κ2) is 9.47. The van der Waals surface area contributed by atoms with Gasteiger partial charge in [-0.25, -0.2) is 27.9 Å². The fourth-order valence-electron chi connectivity index (χ4n) is 3.77. The van der Waals surface area contributed by atoms with Crippen molar-refractivity contribution < 1.29 is 22.7 Å². The Labute approximate surface area is 200 Å². The third kappa shape index (κ3) is 6.43. The highest BCUT2D eigenvalue weighted by Crippen LogP contribution is 2.32. The van der Waals surface area contributed by atoms with Gasteiger partial charge in [0.05, 0.1) is 17.3 Å². The fourth-order valence-corrected chi connectivity index (χ4v) is 4.84. The highest BCUT2D eigenvalue weighted by Gasteiger charge is 2.28. The van der Waals surface area contributed by atoms with Crippen LogP contribution in [-0.2, 0) is 32.6 Å². The van der Waals surface area contributed by atoms with Crippen molar-refractivity contribution in [3.8, 4) is 0 Å². The first-order valence-electron chi connectivity index (χ1n) is 11.0. The predicted molar refractivity (Wildman–Crippen MR) is 132 cm³/mol. The van der Waals surface area contributed by atoms with E-state index in [1.807, 2.05) is 35.8 Å². The molecular formula is C23H33N5O5S. The molecule has 0 saturated carbocycles. The van der Waals surface area contributed by atoms with E-state index in [1.54, 1.807) is 34.6 Å². The average Bonchev–Trinajstić information content (AvgIpc) is 3.01. The van der Waals surface area contributed by atoms with E-state index in [2.05, 4.69) is 15.0 Å². The van der Waals surface area contributed by atoms with Crippen molar-refractivity contribution >= 4 is 43.9 Å². The van der Waals surface area contributed by atoms with Gasteiger partial charge in [-0.05, 0) is 47.6 Å². The third-order valence-electron chi connectivity index (χ3n) is 4.73. The lowest BCUT2D eigenvalue weighted by Gasteiger charge is -2.27. The molecule has 186 valence electrons. The van der Waals surface area contributed by atoms with Gasteiger partial charge in [0, 0.05) is 24.1 Å². The predicted octanol–water partition coefficient (Wildman–Crippen LogP) is 3.80. The lowest BCUT2D eigenvalue weighted by atomic mass is 10.1. The Morgan fingerprint density at radius 2 is 1.79 bits per heavy atom. The fraction of sp³-hybridized carbons (Fsp3) is 0.522. The summed E-state index contributed by atoms with van der Waals surface area (Å²) in [5.74, 6) is 0.846. The first-order valence-corrected chi connectivity index (χ1v) is 12.9. The van der Waals surface area contributed by atoms with Crippen molar-refractivity contribution in [1.82, 2.24) is 19.3 Å². The number of imidazole rings is 1. The quantitative estimate of drug-likeness (QED) is 0.491. The smallest absolute Gasteiger partial charge is 0.413 e. The first-order chi connectivity index (χ1) is 15.7. The zero-order chi connectivity index (χ0) is 25.3. The Morgan fingerprint density at radius 1 is 1.12 bits per heavy atom. The number of sulfonamides is 1. The van der Waals surface area contributed by atoms with E-state index in [4.69, 9.17) is 14.5 Å². The van der Waals surface area contributed by atoms with Crippen molar-refractivity contribution in [2.24, 2.45) is 0 Å². The normalized spacial score (nSPS) is 12.9. The lowest BCUT2D eigenvalue weighted by Crippen LogP contribution is -2.46. The van der Waals surface area contributed by atoms with Gasteiger partial charge < -0.3 is 14.0 Å². The molecule has 11 heteroatoms. The van der Waals surface area contributed by atoms with Crippen molar-refractivity contribution in [1.29, 1.82) is 0 Å². The largest absolute Gasteiger partial charge is 0.444 e. The minimum atomic E-state index is -3.45. The minimum Gasteiger partial charge on any atom is -0.444 e. The molecule has 0 atom stereocenters. The van der Waals surface area contributed by atoms with Crippen molar-refractivity contribution in [2.75, 3.05) is 18.2 Å². The van der Waals surface area contributed by atoms with Crippen LogP contribution >= 0.6 is 0 Å². The van der Waals surface area contributed by atoms with Gasteiger partial charge in [0.15, 0.2) is 5.82 Å². The van der Waals surface area contributed by atoms with E-state index in [9.17, 15) is 13.2 Å². The molecule has 0 aliphatic heterocycles. The van der Waals surface area contributed by atoms with Crippen LogP contribution in [0.25, 0.3) is 21.9 Å². The Bertz CT molecular complexity index is 1310. The molecular weight excluding hydrogens is 458 g/mol. The third-order valence-corrected chi connectivity index (χ3v) is 5.66. The van der Waals surface area contributed by atoms with Gasteiger partial charge >= 0.3 is 6.09 Å². The van der Waals surface area contributed by atoms with Gasteiger partial charge in [0.25, 0.3) is 0 Å². The molecule has 2 heterocycles. The number of rotatable bonds is 8. The molecule has 0 aliphatic carbocycles. The molecule has 0 spiro atoms. The Morgan fingerprint density at radius 3 is 2.41 bits per heavy atom. The lowest BCUT2D eigenvalue weighted by molar-refractivity contribution is 0.0635. The number of nitrogens with zero attached hydrogens (tertiary/aromatic N) is 3. The average molecular weight is 492 g/mol. The number of nitrogens with one attached hydrogen (secondary N) is 2. The van der Waals surface area contributed by atoms with Crippen molar-refractivity contribution in [3.63, 3.8) is 0 Å². The summed E-state index contributed by atoms with van der Waals surface area (Å²) in [6.07, 6.45) is 0.487. The minimum absolute atomic E-state index is 0.209. The summed E-state index contributed by atoms with van der Waals surface area (Å²) in [6, 6.07) is 7.51. The molecule has 3 aromatic rings. The maximum absolute atomic E-state index is 12.5. The van der Waals surface area contributed by atoms with E-state index in [1.165, 1.54) is 0 Å². The number of aromatic nitrogens is 3. The zero-order valence-corrected chi connectivity index (χ0v) is 21.5. The maximum atomic E-state index is 12.5. The molecule has 3 rings (SSSR count). The number of amides is 1. The van der Waals surface area contributed by atoms with E-state index in [0.29, 0.717) is 23.5 Å². The summed E-state index contributed by atoms with van der Waals surface area (Å²) in [5, 5.41) is 3.55. The number of carbonyl (C=O) groups is 1. The number of para-hydroxylation sites is 1. The van der Waals surface area contributed by atoms with Crippen LogP contribution in [0, 0.1) is 0 Å². The Kier molecular flexibility index (Phi) is 7.20. The van der Waals surface area contributed by atoms with Crippen LogP contribution in [0.1, 0.15) is 47.4 Å². The zero-order valence-electron chi connectivity index (χ0n) is 20.7. The summed E-state index contributed by atoms with van der Waals surface area (Å²) in [4.78, 5) is 21.9. The van der Waals surface area contributed by atoms with Gasteiger partial charge in [-0.1, -0.05) is 18.2 Å². The molecule has 0 unspecified atom stereocenters. The Balaban J connectivity index is 2.23. The number of anilines is 1. The molecule has 2 aromatic heterocycles. The van der Waals surface area contributed by atoms with Crippen molar-refractivity contribution in [3.05, 3.63) is 30.1 Å². The van der Waals surface area contributed by atoms with Crippen LogP contribution in [0.3, 0.4) is 0 Å². The standard InChI is InChI=1S/C23H33N5O5S/c1-8-32-13-17-25-18-19(28(17)14-23(5,6)27-34(7,30)31)15-11-9-10-12-16(15)24-20(18)26-21(29)33-22(2,3)4/h9-12,27H,8,13-14H2,1-7H3,(H,24,26,29). The second-order valence-electron chi connectivity index (χ2n) is 9.81. The number of hydrogen-bond acceptors (Lipinski definition) is 7. The van der Waals surface area contributed by atoms with Crippen molar-refractivity contribution in [2.45, 2.75) is 65.8 Å². The summed E-state index contributed by atoms with van der Waals surface area (Å²) in [5.41, 5.74) is 0.329. The summed E-state index contributed by atoms with van der Waals surface area (Å²) >= 11 is 0. The molecule has 1 amide bonds. The van der Waals surface area contributed by atoms with Gasteiger partial charge in [-0.3, -0.25) is 5.32 Å². The molecule has 1 aromatic carbocycles. The van der Waals surface area contributed by atoms with Gasteiger partial charge in [-0.2, -0.15) is 0 Å². The molecule has 10 nitrogen and oxygen atoms in total. The van der Waals surface area contributed by atoms with Gasteiger partial charge in [-0.15, -0.1) is 0 Å². The van der Waals surface area contributed by atoms with Crippen LogP contribution in [0.4, 0.5) is 10.6 Å². The van der Waals surface area contributed by atoms with E-state index >= 15 is 0 Å². The number of carbonyl (C=O) groups excluding carboxylic acids is 1. The summed E-state index contributed by atoms with van der Waals surface area (Å²) in [7, 11) is -3.45. The highest BCUT2D eigenvalue weighted by molar-refractivity contribution is 7.88.